The lowest BCUT2D eigenvalue weighted by atomic mass is 10.2. The summed E-state index contributed by atoms with van der Waals surface area (Å²) in [6.45, 7) is 3.79. The number of imidazole rings is 1. The van der Waals surface area contributed by atoms with Crippen LogP contribution in [-0.2, 0) is 13.1 Å². The summed E-state index contributed by atoms with van der Waals surface area (Å²) in [5.74, 6) is 0.905. The highest BCUT2D eigenvalue weighted by Crippen LogP contribution is 2.29. The zero-order valence-electron chi connectivity index (χ0n) is 16.8. The van der Waals surface area contributed by atoms with Crippen molar-refractivity contribution in [2.24, 2.45) is 0 Å². The number of aryl methyl sites for hydroxylation is 1. The summed E-state index contributed by atoms with van der Waals surface area (Å²) in [5.41, 5.74) is 5.41. The third kappa shape index (κ3) is 3.50. The van der Waals surface area contributed by atoms with Crippen molar-refractivity contribution in [2.45, 2.75) is 26.4 Å². The van der Waals surface area contributed by atoms with E-state index in [2.05, 4.69) is 70.8 Å². The molecular weight excluding hydrogens is 390 g/mol. The van der Waals surface area contributed by atoms with E-state index in [9.17, 15) is 0 Å². The second-order valence-corrected chi connectivity index (χ2v) is 8.14. The summed E-state index contributed by atoms with van der Waals surface area (Å²) in [4.78, 5) is 6.00. The zero-order valence-corrected chi connectivity index (χ0v) is 17.6. The maximum absolute atomic E-state index is 4.90. The summed E-state index contributed by atoms with van der Waals surface area (Å²) in [5, 5.41) is 10.6. The van der Waals surface area contributed by atoms with Gasteiger partial charge in [0.1, 0.15) is 5.69 Å². The monoisotopic (exact) mass is 413 g/mol. The summed E-state index contributed by atoms with van der Waals surface area (Å²) < 4.78 is 4.23. The lowest BCUT2D eigenvalue weighted by Gasteiger charge is -2.09. The number of benzene rings is 2. The molecule has 0 amide bonds. The highest BCUT2D eigenvalue weighted by molar-refractivity contribution is 7.13. The van der Waals surface area contributed by atoms with Gasteiger partial charge in [-0.05, 0) is 42.1 Å². The Labute approximate surface area is 179 Å². The second kappa shape index (κ2) is 8.16. The number of hydrogen-bond donors (Lipinski definition) is 1. The molecule has 0 aliphatic carbocycles. The van der Waals surface area contributed by atoms with Gasteiger partial charge in [-0.1, -0.05) is 43.3 Å². The fourth-order valence-electron chi connectivity index (χ4n) is 3.71. The molecule has 3 heterocycles. The van der Waals surface area contributed by atoms with Crippen molar-refractivity contribution in [1.82, 2.24) is 19.3 Å². The summed E-state index contributed by atoms with van der Waals surface area (Å²) in [6, 6.07) is 22.7. The predicted molar refractivity (Wildman–Crippen MR) is 124 cm³/mol. The molecule has 0 fully saturated rings. The van der Waals surface area contributed by atoms with Gasteiger partial charge in [-0.3, -0.25) is 0 Å². The van der Waals surface area contributed by atoms with Crippen molar-refractivity contribution in [3.8, 4) is 16.3 Å². The SMILES string of the molecule is CCCn1c(NCc2cn(-c3ccccc3)nc2-c2cccs2)nc2ccccc21. The molecule has 0 spiro atoms. The third-order valence-electron chi connectivity index (χ3n) is 5.10. The van der Waals surface area contributed by atoms with E-state index in [-0.39, 0.29) is 0 Å². The first-order valence-electron chi connectivity index (χ1n) is 10.2. The van der Waals surface area contributed by atoms with Crippen molar-refractivity contribution in [3.63, 3.8) is 0 Å². The number of nitrogens with zero attached hydrogens (tertiary/aromatic N) is 4. The Morgan fingerprint density at radius 2 is 1.80 bits per heavy atom. The van der Waals surface area contributed by atoms with Gasteiger partial charge in [0.2, 0.25) is 5.95 Å². The van der Waals surface area contributed by atoms with E-state index < -0.39 is 0 Å². The number of fused-ring (bicyclic) bond motifs is 1. The summed E-state index contributed by atoms with van der Waals surface area (Å²) in [6.07, 6.45) is 3.17. The van der Waals surface area contributed by atoms with Crippen LogP contribution in [0.2, 0.25) is 0 Å². The van der Waals surface area contributed by atoms with E-state index in [4.69, 9.17) is 10.1 Å². The van der Waals surface area contributed by atoms with Gasteiger partial charge in [-0.25, -0.2) is 9.67 Å². The Bertz CT molecular complexity index is 1250. The van der Waals surface area contributed by atoms with Gasteiger partial charge in [0.05, 0.1) is 21.6 Å². The smallest absolute Gasteiger partial charge is 0.204 e. The lowest BCUT2D eigenvalue weighted by molar-refractivity contribution is 0.700. The van der Waals surface area contributed by atoms with E-state index in [1.54, 1.807) is 11.3 Å². The van der Waals surface area contributed by atoms with Gasteiger partial charge in [0.15, 0.2) is 0 Å². The number of aromatic nitrogens is 4. The quantitative estimate of drug-likeness (QED) is 0.357. The second-order valence-electron chi connectivity index (χ2n) is 7.19. The van der Waals surface area contributed by atoms with Crippen LogP contribution < -0.4 is 5.32 Å². The molecule has 1 N–H and O–H groups in total. The van der Waals surface area contributed by atoms with Crippen LogP contribution in [0.1, 0.15) is 18.9 Å². The fraction of sp³-hybridized carbons (Fsp3) is 0.167. The van der Waals surface area contributed by atoms with Crippen LogP contribution in [0.5, 0.6) is 0 Å². The van der Waals surface area contributed by atoms with Crippen LogP contribution in [-0.4, -0.2) is 19.3 Å². The summed E-state index contributed by atoms with van der Waals surface area (Å²) >= 11 is 1.71. The van der Waals surface area contributed by atoms with Crippen LogP contribution in [0.4, 0.5) is 5.95 Å². The molecule has 5 nitrogen and oxygen atoms in total. The average Bonchev–Trinajstić information content (AvgIpc) is 3.52. The van der Waals surface area contributed by atoms with Crippen LogP contribution >= 0.6 is 11.3 Å². The van der Waals surface area contributed by atoms with E-state index in [0.29, 0.717) is 6.54 Å². The molecule has 30 heavy (non-hydrogen) atoms. The Hall–Kier alpha value is -3.38. The molecule has 150 valence electrons. The Balaban J connectivity index is 1.50. The molecule has 5 aromatic rings. The first-order chi connectivity index (χ1) is 14.8. The molecule has 0 saturated heterocycles. The standard InChI is InChI=1S/C24H23N5S/c1-2-14-28-21-12-7-6-11-20(21)26-24(28)25-16-18-17-29(19-9-4-3-5-10-19)27-23(18)22-13-8-15-30-22/h3-13,15,17H,2,14,16H2,1H3,(H,25,26). The number of anilines is 1. The van der Waals surface area contributed by atoms with Crippen molar-refractivity contribution < 1.29 is 0 Å². The Morgan fingerprint density at radius 1 is 0.967 bits per heavy atom. The first kappa shape index (κ1) is 18.6. The number of para-hydroxylation sites is 3. The van der Waals surface area contributed by atoms with Gasteiger partial charge >= 0.3 is 0 Å². The van der Waals surface area contributed by atoms with Gasteiger partial charge in [0, 0.05) is 24.8 Å². The molecular formula is C24H23N5S. The van der Waals surface area contributed by atoms with Crippen molar-refractivity contribution in [2.75, 3.05) is 5.32 Å². The molecule has 5 rings (SSSR count). The topological polar surface area (TPSA) is 47.7 Å². The van der Waals surface area contributed by atoms with Crippen molar-refractivity contribution in [3.05, 3.63) is 83.9 Å². The Kier molecular flexibility index (Phi) is 5.07. The minimum absolute atomic E-state index is 0.660. The summed E-state index contributed by atoms with van der Waals surface area (Å²) in [7, 11) is 0. The van der Waals surface area contributed by atoms with E-state index >= 15 is 0 Å². The minimum atomic E-state index is 0.660. The van der Waals surface area contributed by atoms with Crippen LogP contribution in [0.25, 0.3) is 27.3 Å². The van der Waals surface area contributed by atoms with E-state index in [0.717, 1.165) is 41.4 Å². The average molecular weight is 414 g/mol. The van der Waals surface area contributed by atoms with Crippen molar-refractivity contribution in [1.29, 1.82) is 0 Å². The first-order valence-corrected chi connectivity index (χ1v) is 11.1. The van der Waals surface area contributed by atoms with Crippen LogP contribution in [0.3, 0.4) is 0 Å². The van der Waals surface area contributed by atoms with Gasteiger partial charge in [-0.2, -0.15) is 5.10 Å². The molecule has 0 radical (unpaired) electrons. The van der Waals surface area contributed by atoms with Crippen molar-refractivity contribution >= 4 is 28.3 Å². The normalized spacial score (nSPS) is 11.2. The predicted octanol–water partition coefficient (Wildman–Crippen LogP) is 5.97. The zero-order chi connectivity index (χ0) is 20.3. The molecule has 3 aromatic heterocycles. The maximum atomic E-state index is 4.90. The molecule has 2 aromatic carbocycles. The molecule has 6 heteroatoms. The fourth-order valence-corrected chi connectivity index (χ4v) is 4.45. The number of nitrogens with one attached hydrogen (secondary N) is 1. The van der Waals surface area contributed by atoms with Gasteiger partial charge in [0.25, 0.3) is 0 Å². The van der Waals surface area contributed by atoms with Crippen LogP contribution in [0.15, 0.2) is 78.3 Å². The maximum Gasteiger partial charge on any atom is 0.204 e. The molecule has 0 aliphatic heterocycles. The van der Waals surface area contributed by atoms with E-state index in [1.165, 1.54) is 10.4 Å². The van der Waals surface area contributed by atoms with Gasteiger partial charge in [-0.15, -0.1) is 11.3 Å². The molecule has 0 bridgehead atoms. The molecule has 0 aliphatic rings. The third-order valence-corrected chi connectivity index (χ3v) is 5.98. The largest absolute Gasteiger partial charge is 0.351 e. The number of hydrogen-bond acceptors (Lipinski definition) is 4. The van der Waals surface area contributed by atoms with Crippen LogP contribution in [0, 0.1) is 0 Å². The molecule has 0 saturated carbocycles. The number of rotatable bonds is 7. The highest BCUT2D eigenvalue weighted by Gasteiger charge is 2.15. The lowest BCUT2D eigenvalue weighted by Crippen LogP contribution is -2.07. The molecule has 0 atom stereocenters. The van der Waals surface area contributed by atoms with Gasteiger partial charge < -0.3 is 9.88 Å². The molecule has 0 unspecified atom stereocenters. The highest BCUT2D eigenvalue weighted by atomic mass is 32.1. The Morgan fingerprint density at radius 3 is 2.60 bits per heavy atom. The number of thiophene rings is 1. The van der Waals surface area contributed by atoms with E-state index in [1.807, 2.05) is 28.9 Å². The minimum Gasteiger partial charge on any atom is -0.351 e.